The molecule has 6 nitrogen and oxygen atoms in total. The molecule has 0 fully saturated rings. The molecular formula is C17H32IN3O3. The van der Waals surface area contributed by atoms with Gasteiger partial charge in [0, 0.05) is 20.2 Å². The van der Waals surface area contributed by atoms with Crippen LogP contribution in [0, 0.1) is 5.41 Å². The number of nitrogens with zero attached hydrogens (tertiary/aromatic N) is 1. The Balaban J connectivity index is 0.00000529. The van der Waals surface area contributed by atoms with Gasteiger partial charge in [-0.05, 0) is 31.4 Å². The van der Waals surface area contributed by atoms with Gasteiger partial charge >= 0.3 is 0 Å². The van der Waals surface area contributed by atoms with Crippen LogP contribution in [-0.4, -0.2) is 43.9 Å². The van der Waals surface area contributed by atoms with Crippen LogP contribution in [0.2, 0.25) is 0 Å². The second kappa shape index (κ2) is 10.2. The molecule has 0 aliphatic heterocycles. The fourth-order valence-electron chi connectivity index (χ4n) is 2.17. The van der Waals surface area contributed by atoms with E-state index >= 15 is 0 Å². The summed E-state index contributed by atoms with van der Waals surface area (Å²) in [6.45, 7) is 11.7. The Labute approximate surface area is 162 Å². The van der Waals surface area contributed by atoms with Crippen LogP contribution in [0.1, 0.15) is 40.4 Å². The number of furan rings is 1. The lowest BCUT2D eigenvalue weighted by atomic mass is 9.89. The van der Waals surface area contributed by atoms with E-state index in [-0.39, 0.29) is 42.0 Å². The van der Waals surface area contributed by atoms with Crippen molar-refractivity contribution in [3.05, 3.63) is 24.2 Å². The van der Waals surface area contributed by atoms with Crippen molar-refractivity contribution in [3.63, 3.8) is 0 Å². The summed E-state index contributed by atoms with van der Waals surface area (Å²) in [5.41, 5.74) is -1.12. The summed E-state index contributed by atoms with van der Waals surface area (Å²) in [5, 5.41) is 16.9. The summed E-state index contributed by atoms with van der Waals surface area (Å²) >= 11 is 0. The maximum absolute atomic E-state index is 10.5. The van der Waals surface area contributed by atoms with Gasteiger partial charge in [-0.1, -0.05) is 20.8 Å². The molecule has 2 unspecified atom stereocenters. The zero-order valence-electron chi connectivity index (χ0n) is 15.5. The number of halogens is 1. The number of aliphatic hydroxyl groups is 1. The van der Waals surface area contributed by atoms with Gasteiger partial charge in [-0.3, -0.25) is 0 Å². The smallest absolute Gasteiger partial charge is 0.191 e. The summed E-state index contributed by atoms with van der Waals surface area (Å²) in [6.07, 6.45) is 1.60. The van der Waals surface area contributed by atoms with Crippen LogP contribution in [0.4, 0.5) is 0 Å². The average molecular weight is 453 g/mol. The van der Waals surface area contributed by atoms with Crippen molar-refractivity contribution >= 4 is 29.9 Å². The molecule has 2 atom stereocenters. The van der Waals surface area contributed by atoms with Gasteiger partial charge in [-0.2, -0.15) is 0 Å². The summed E-state index contributed by atoms with van der Waals surface area (Å²) in [5.74, 6) is 1.15. The fourth-order valence-corrected chi connectivity index (χ4v) is 2.17. The van der Waals surface area contributed by atoms with E-state index in [1.807, 2.05) is 6.92 Å². The second-order valence-electron chi connectivity index (χ2n) is 6.92. The number of ether oxygens (including phenoxy) is 1. The Hall–Kier alpha value is -0.800. The normalized spacial score (nSPS) is 16.0. The van der Waals surface area contributed by atoms with Crippen molar-refractivity contribution < 1.29 is 14.3 Å². The Kier molecular flexibility index (Phi) is 9.91. The van der Waals surface area contributed by atoms with Crippen LogP contribution < -0.4 is 10.6 Å². The van der Waals surface area contributed by atoms with Crippen molar-refractivity contribution in [1.82, 2.24) is 10.6 Å². The highest BCUT2D eigenvalue weighted by Gasteiger charge is 2.27. The molecule has 0 amide bonds. The number of rotatable bonds is 7. The molecule has 24 heavy (non-hydrogen) atoms. The highest BCUT2D eigenvalue weighted by molar-refractivity contribution is 14.0. The minimum absolute atomic E-state index is 0. The minimum atomic E-state index is -1.14. The molecule has 7 heteroatoms. The van der Waals surface area contributed by atoms with Gasteiger partial charge in [-0.15, -0.1) is 24.0 Å². The first kappa shape index (κ1) is 23.2. The predicted octanol–water partition coefficient (Wildman–Crippen LogP) is 2.72. The van der Waals surface area contributed by atoms with Gasteiger partial charge in [0.15, 0.2) is 5.96 Å². The molecule has 1 heterocycles. The van der Waals surface area contributed by atoms with Gasteiger partial charge in [0.25, 0.3) is 0 Å². The fraction of sp³-hybridized carbons (Fsp3) is 0.706. The molecule has 0 saturated carbocycles. The third-order valence-electron chi connectivity index (χ3n) is 3.65. The predicted molar refractivity (Wildman–Crippen MR) is 108 cm³/mol. The monoisotopic (exact) mass is 453 g/mol. The summed E-state index contributed by atoms with van der Waals surface area (Å²) in [6, 6.07) is 3.50. The summed E-state index contributed by atoms with van der Waals surface area (Å²) in [4.78, 5) is 4.46. The maximum Gasteiger partial charge on any atom is 0.191 e. The van der Waals surface area contributed by atoms with Gasteiger partial charge in [-0.25, -0.2) is 4.99 Å². The number of hydrogen-bond acceptors (Lipinski definition) is 4. The lowest BCUT2D eigenvalue weighted by Crippen LogP contribution is -2.45. The molecule has 1 rings (SSSR count). The number of guanidine groups is 1. The zero-order chi connectivity index (χ0) is 17.5. The Morgan fingerprint density at radius 1 is 1.33 bits per heavy atom. The molecule has 0 aliphatic rings. The molecular weight excluding hydrogens is 421 g/mol. The van der Waals surface area contributed by atoms with E-state index in [0.29, 0.717) is 18.3 Å². The van der Waals surface area contributed by atoms with Crippen molar-refractivity contribution in [2.24, 2.45) is 10.4 Å². The van der Waals surface area contributed by atoms with E-state index in [1.54, 1.807) is 32.4 Å². The van der Waals surface area contributed by atoms with Crippen LogP contribution in [-0.2, 0) is 10.3 Å². The highest BCUT2D eigenvalue weighted by Crippen LogP contribution is 2.22. The molecule has 0 saturated heterocycles. The minimum Gasteiger partial charge on any atom is -0.466 e. The second-order valence-corrected chi connectivity index (χ2v) is 6.92. The van der Waals surface area contributed by atoms with E-state index in [9.17, 15) is 5.11 Å². The van der Waals surface area contributed by atoms with E-state index in [2.05, 4.69) is 36.4 Å². The first-order valence-electron chi connectivity index (χ1n) is 8.02. The van der Waals surface area contributed by atoms with Crippen LogP contribution in [0.15, 0.2) is 27.8 Å². The topological polar surface area (TPSA) is 79.0 Å². The molecule has 0 radical (unpaired) electrons. The third-order valence-corrected chi connectivity index (χ3v) is 3.65. The van der Waals surface area contributed by atoms with Gasteiger partial charge in [0.1, 0.15) is 11.4 Å². The van der Waals surface area contributed by atoms with Crippen molar-refractivity contribution in [1.29, 1.82) is 0 Å². The molecule has 0 aliphatic carbocycles. The van der Waals surface area contributed by atoms with E-state index in [0.717, 1.165) is 6.54 Å². The zero-order valence-corrected chi connectivity index (χ0v) is 17.9. The molecule has 0 bridgehead atoms. The van der Waals surface area contributed by atoms with E-state index < -0.39 is 5.60 Å². The Bertz CT molecular complexity index is 482. The molecule has 1 aromatic heterocycles. The Morgan fingerprint density at radius 3 is 2.46 bits per heavy atom. The van der Waals surface area contributed by atoms with E-state index in [1.165, 1.54) is 0 Å². The lowest BCUT2D eigenvalue weighted by molar-refractivity contribution is 0.0204. The molecule has 0 spiro atoms. The lowest BCUT2D eigenvalue weighted by Gasteiger charge is -2.30. The molecule has 0 aromatic carbocycles. The quantitative estimate of drug-likeness (QED) is 0.336. The molecule has 140 valence electrons. The largest absolute Gasteiger partial charge is 0.466 e. The van der Waals surface area contributed by atoms with Gasteiger partial charge in [0.05, 0.1) is 18.9 Å². The summed E-state index contributed by atoms with van der Waals surface area (Å²) in [7, 11) is 1.71. The third kappa shape index (κ3) is 7.40. The highest BCUT2D eigenvalue weighted by atomic mass is 127. The van der Waals surface area contributed by atoms with Crippen molar-refractivity contribution in [2.45, 2.75) is 46.3 Å². The molecule has 1 aromatic rings. The number of aliphatic imine (C=N–C) groups is 1. The first-order chi connectivity index (χ1) is 10.7. The number of hydrogen-bond donors (Lipinski definition) is 3. The number of nitrogens with one attached hydrogen (secondary N) is 2. The van der Waals surface area contributed by atoms with Crippen LogP contribution in [0.3, 0.4) is 0 Å². The maximum atomic E-state index is 10.5. The van der Waals surface area contributed by atoms with E-state index in [4.69, 9.17) is 9.15 Å². The van der Waals surface area contributed by atoms with Crippen LogP contribution in [0.5, 0.6) is 0 Å². The van der Waals surface area contributed by atoms with Crippen molar-refractivity contribution in [2.75, 3.05) is 26.7 Å². The van der Waals surface area contributed by atoms with Gasteiger partial charge in [0.2, 0.25) is 0 Å². The van der Waals surface area contributed by atoms with Crippen LogP contribution >= 0.6 is 24.0 Å². The Morgan fingerprint density at radius 2 is 2.00 bits per heavy atom. The van der Waals surface area contributed by atoms with Gasteiger partial charge < -0.3 is 24.9 Å². The average Bonchev–Trinajstić information content (AvgIpc) is 2.98. The standard InChI is InChI=1S/C17H31N3O3.HI/c1-7-18-15(19-11-14(22-6)16(2,3)4)20-12-17(5,21)13-9-8-10-23-13;/h8-10,14,21H,7,11-12H2,1-6H3,(H2,18,19,20);1H. The molecule has 3 N–H and O–H groups in total. The first-order valence-corrected chi connectivity index (χ1v) is 8.02. The number of methoxy groups -OCH3 is 1. The van der Waals surface area contributed by atoms with Crippen LogP contribution in [0.25, 0.3) is 0 Å². The summed E-state index contributed by atoms with van der Waals surface area (Å²) < 4.78 is 10.8. The van der Waals surface area contributed by atoms with Crippen molar-refractivity contribution in [3.8, 4) is 0 Å². The SMILES string of the molecule is CCNC(=NCC(C)(O)c1ccco1)NCC(OC)C(C)(C)C.I.